The van der Waals surface area contributed by atoms with Gasteiger partial charge in [-0.25, -0.2) is 0 Å². The first kappa shape index (κ1) is 25.8. The molecule has 9 heteroatoms. The molecule has 0 N–H and O–H groups in total. The zero-order valence-electron chi connectivity index (χ0n) is 20.5. The molecule has 0 radical (unpaired) electrons. The Hall–Kier alpha value is -4.79. The lowest BCUT2D eigenvalue weighted by Crippen LogP contribution is -2.07. The Kier molecular flexibility index (Phi) is 6.74. The summed E-state index contributed by atoms with van der Waals surface area (Å²) >= 11 is 0. The number of aromatic nitrogens is 1. The molecule has 0 bridgehead atoms. The second-order valence-corrected chi connectivity index (χ2v) is 8.92. The fourth-order valence-electron chi connectivity index (χ4n) is 4.54. The summed E-state index contributed by atoms with van der Waals surface area (Å²) in [5.41, 5.74) is 2.30. The standard InChI is InChI=1S/C30H20F4N2O3/c1-18-6-2-3-9-22(18)24-16-35-29-23(10-5-11-25(29)30(32,33)34)28(24)20-7-4-8-21(15-20)39-17-19-12-13-26(31)27(14-19)36(37)38/h2-16H,17H2,1H3. The van der Waals surface area contributed by atoms with E-state index >= 15 is 0 Å². The second-order valence-electron chi connectivity index (χ2n) is 8.92. The number of alkyl halides is 3. The van der Waals surface area contributed by atoms with Crippen molar-refractivity contribution >= 4 is 16.6 Å². The smallest absolute Gasteiger partial charge is 0.418 e. The molecule has 0 amide bonds. The second kappa shape index (κ2) is 10.2. The van der Waals surface area contributed by atoms with E-state index in [0.717, 1.165) is 29.3 Å². The van der Waals surface area contributed by atoms with Gasteiger partial charge in [0.05, 0.1) is 16.0 Å². The van der Waals surface area contributed by atoms with E-state index in [2.05, 4.69) is 4.98 Å². The average Bonchev–Trinajstić information content (AvgIpc) is 2.91. The number of hydrogen-bond acceptors (Lipinski definition) is 4. The lowest BCUT2D eigenvalue weighted by atomic mass is 9.90. The molecule has 5 nitrogen and oxygen atoms in total. The number of nitro groups is 1. The number of para-hydroxylation sites is 1. The summed E-state index contributed by atoms with van der Waals surface area (Å²) < 4.78 is 61.1. The molecular weight excluding hydrogens is 512 g/mol. The number of benzene rings is 4. The molecule has 4 aromatic carbocycles. The van der Waals surface area contributed by atoms with Crippen molar-refractivity contribution in [2.75, 3.05) is 0 Å². The van der Waals surface area contributed by atoms with Gasteiger partial charge in [-0.1, -0.05) is 54.6 Å². The van der Waals surface area contributed by atoms with Gasteiger partial charge in [0, 0.05) is 28.8 Å². The summed E-state index contributed by atoms with van der Waals surface area (Å²) in [7, 11) is 0. The van der Waals surface area contributed by atoms with Crippen molar-refractivity contribution < 1.29 is 27.2 Å². The van der Waals surface area contributed by atoms with Crippen LogP contribution in [0.25, 0.3) is 33.2 Å². The summed E-state index contributed by atoms with van der Waals surface area (Å²) in [6.07, 6.45) is -3.13. The molecule has 1 aromatic heterocycles. The van der Waals surface area contributed by atoms with E-state index in [0.29, 0.717) is 33.4 Å². The van der Waals surface area contributed by atoms with Crippen molar-refractivity contribution in [2.24, 2.45) is 0 Å². The van der Waals surface area contributed by atoms with Crippen molar-refractivity contribution in [3.05, 3.63) is 124 Å². The Morgan fingerprint density at radius 3 is 2.44 bits per heavy atom. The van der Waals surface area contributed by atoms with Crippen LogP contribution in [-0.2, 0) is 12.8 Å². The van der Waals surface area contributed by atoms with Crippen molar-refractivity contribution in [2.45, 2.75) is 19.7 Å². The van der Waals surface area contributed by atoms with Crippen LogP contribution in [0.5, 0.6) is 5.75 Å². The Morgan fingerprint density at radius 2 is 1.69 bits per heavy atom. The molecule has 0 aliphatic rings. The van der Waals surface area contributed by atoms with Crippen LogP contribution >= 0.6 is 0 Å². The number of rotatable bonds is 6. The zero-order valence-corrected chi connectivity index (χ0v) is 20.5. The van der Waals surface area contributed by atoms with Gasteiger partial charge < -0.3 is 4.74 Å². The van der Waals surface area contributed by atoms with E-state index in [-0.39, 0.29) is 12.1 Å². The Balaban J connectivity index is 1.62. The number of ether oxygens (including phenoxy) is 1. The van der Waals surface area contributed by atoms with E-state index in [1.54, 1.807) is 30.3 Å². The van der Waals surface area contributed by atoms with Crippen molar-refractivity contribution in [1.29, 1.82) is 0 Å². The summed E-state index contributed by atoms with van der Waals surface area (Å²) in [5.74, 6) is -0.565. The van der Waals surface area contributed by atoms with Crippen molar-refractivity contribution in [3.63, 3.8) is 0 Å². The minimum Gasteiger partial charge on any atom is -0.489 e. The van der Waals surface area contributed by atoms with Crippen LogP contribution in [0.3, 0.4) is 0 Å². The number of pyridine rings is 1. The maximum atomic E-state index is 13.8. The Labute approximate surface area is 220 Å². The molecule has 0 unspecified atom stereocenters. The van der Waals surface area contributed by atoms with Crippen LogP contribution in [0.2, 0.25) is 0 Å². The van der Waals surface area contributed by atoms with E-state index < -0.39 is 28.2 Å². The van der Waals surface area contributed by atoms with Gasteiger partial charge in [-0.3, -0.25) is 15.1 Å². The normalized spacial score (nSPS) is 11.5. The van der Waals surface area contributed by atoms with Gasteiger partial charge in [-0.05, 0) is 53.4 Å². The maximum absolute atomic E-state index is 13.8. The highest BCUT2D eigenvalue weighted by Gasteiger charge is 2.34. The molecule has 0 spiro atoms. The molecule has 0 saturated heterocycles. The van der Waals surface area contributed by atoms with Gasteiger partial charge in [0.2, 0.25) is 5.82 Å². The quantitative estimate of drug-likeness (QED) is 0.125. The molecular formula is C30H20F4N2O3. The van der Waals surface area contributed by atoms with E-state index in [1.807, 2.05) is 31.2 Å². The maximum Gasteiger partial charge on any atom is 0.418 e. The van der Waals surface area contributed by atoms with Crippen LogP contribution < -0.4 is 4.74 Å². The Morgan fingerprint density at radius 1 is 0.923 bits per heavy atom. The van der Waals surface area contributed by atoms with E-state index in [1.165, 1.54) is 18.3 Å². The van der Waals surface area contributed by atoms with Crippen LogP contribution in [0.4, 0.5) is 23.2 Å². The van der Waals surface area contributed by atoms with Crippen molar-refractivity contribution in [1.82, 2.24) is 4.98 Å². The Bertz CT molecular complexity index is 1720. The molecule has 196 valence electrons. The number of nitro benzene ring substituents is 1. The fourth-order valence-corrected chi connectivity index (χ4v) is 4.54. The third-order valence-corrected chi connectivity index (χ3v) is 6.37. The molecule has 5 rings (SSSR count). The van der Waals surface area contributed by atoms with Crippen LogP contribution in [0.1, 0.15) is 16.7 Å². The van der Waals surface area contributed by atoms with Crippen LogP contribution in [-0.4, -0.2) is 9.91 Å². The van der Waals surface area contributed by atoms with Gasteiger partial charge in [0.25, 0.3) is 0 Å². The summed E-state index contributed by atoms with van der Waals surface area (Å²) in [6.45, 7) is 1.83. The minimum absolute atomic E-state index is 0.0788. The topological polar surface area (TPSA) is 65.3 Å². The lowest BCUT2D eigenvalue weighted by molar-refractivity contribution is -0.387. The van der Waals surface area contributed by atoms with Gasteiger partial charge in [0.15, 0.2) is 0 Å². The predicted octanol–water partition coefficient (Wildman–Crippen LogP) is 8.52. The van der Waals surface area contributed by atoms with E-state index in [4.69, 9.17) is 4.74 Å². The molecule has 0 aliphatic heterocycles. The number of fused-ring (bicyclic) bond motifs is 1. The van der Waals surface area contributed by atoms with Crippen molar-refractivity contribution in [3.8, 4) is 28.0 Å². The number of nitrogens with zero attached hydrogens (tertiary/aromatic N) is 2. The van der Waals surface area contributed by atoms with Crippen LogP contribution in [0, 0.1) is 22.9 Å². The minimum atomic E-state index is -4.59. The molecule has 1 heterocycles. The first-order chi connectivity index (χ1) is 18.6. The molecule has 0 aliphatic carbocycles. The zero-order chi connectivity index (χ0) is 27.7. The largest absolute Gasteiger partial charge is 0.489 e. The molecule has 0 atom stereocenters. The first-order valence-corrected chi connectivity index (χ1v) is 11.8. The predicted molar refractivity (Wildman–Crippen MR) is 140 cm³/mol. The highest BCUT2D eigenvalue weighted by atomic mass is 19.4. The molecule has 5 aromatic rings. The SMILES string of the molecule is Cc1ccccc1-c1cnc2c(C(F)(F)F)cccc2c1-c1cccc(OCc2ccc(F)c([N+](=O)[O-])c2)c1. The lowest BCUT2D eigenvalue weighted by Gasteiger charge is -2.18. The third-order valence-electron chi connectivity index (χ3n) is 6.37. The number of halogens is 4. The molecule has 0 fully saturated rings. The first-order valence-electron chi connectivity index (χ1n) is 11.8. The molecule has 0 saturated carbocycles. The highest BCUT2D eigenvalue weighted by molar-refractivity contribution is 6.03. The van der Waals surface area contributed by atoms with Gasteiger partial charge in [0.1, 0.15) is 12.4 Å². The van der Waals surface area contributed by atoms with Gasteiger partial charge >= 0.3 is 11.9 Å². The van der Waals surface area contributed by atoms with E-state index in [9.17, 15) is 27.7 Å². The number of hydrogen-bond donors (Lipinski definition) is 0. The van der Waals surface area contributed by atoms with Crippen LogP contribution in [0.15, 0.2) is 91.1 Å². The third kappa shape index (κ3) is 5.16. The summed E-state index contributed by atoms with van der Waals surface area (Å²) in [6, 6.07) is 21.8. The molecule has 39 heavy (non-hydrogen) atoms. The van der Waals surface area contributed by atoms with Gasteiger partial charge in [-0.15, -0.1) is 0 Å². The highest BCUT2D eigenvalue weighted by Crippen LogP contribution is 2.42. The number of aryl methyl sites for hydroxylation is 1. The monoisotopic (exact) mass is 532 g/mol. The average molecular weight is 532 g/mol. The summed E-state index contributed by atoms with van der Waals surface area (Å²) in [5, 5.41) is 11.4. The summed E-state index contributed by atoms with van der Waals surface area (Å²) in [4.78, 5) is 14.5. The fraction of sp³-hybridized carbons (Fsp3) is 0.100. The van der Waals surface area contributed by atoms with Gasteiger partial charge in [-0.2, -0.15) is 17.6 Å².